The van der Waals surface area contributed by atoms with E-state index in [-0.39, 0.29) is 0 Å². The Morgan fingerprint density at radius 3 is 0.590 bits per heavy atom. The highest BCUT2D eigenvalue weighted by atomic mass is 28.4. The summed E-state index contributed by atoms with van der Waals surface area (Å²) in [4.78, 5) is 0. The third-order valence-electron chi connectivity index (χ3n) is 7.78. The van der Waals surface area contributed by atoms with Crippen molar-refractivity contribution in [3.8, 4) is 0 Å². The number of alkyl halides is 33. The van der Waals surface area contributed by atoms with Gasteiger partial charge in [0.2, 0.25) is 0 Å². The topological polar surface area (TPSA) is 27.7 Å². The number of halogens is 33. The van der Waals surface area contributed by atoms with Gasteiger partial charge in [-0.1, -0.05) is 0 Å². The van der Waals surface area contributed by atoms with E-state index in [1.807, 2.05) is 0 Å². The average Bonchev–Trinajstić information content (AvgIpc) is 3.05. The first-order chi connectivity index (χ1) is 26.1. The van der Waals surface area contributed by atoms with Crippen molar-refractivity contribution < 1.29 is 158 Å². The highest BCUT2D eigenvalue weighted by Gasteiger charge is 3.01. The van der Waals surface area contributed by atoms with Crippen LogP contribution in [-0.2, 0) is 13.3 Å². The summed E-state index contributed by atoms with van der Waals surface area (Å²) in [6.45, 7) is 0.761. The Morgan fingerprint density at radius 2 is 0.426 bits per heavy atom. The van der Waals surface area contributed by atoms with Crippen molar-refractivity contribution in [1.82, 2.24) is 0 Å². The van der Waals surface area contributed by atoms with E-state index in [0.29, 0.717) is 0 Å². The summed E-state index contributed by atoms with van der Waals surface area (Å²) in [5, 5.41) is 0. The molecule has 0 saturated heterocycles. The van der Waals surface area contributed by atoms with Crippen LogP contribution in [0.25, 0.3) is 0 Å². The Morgan fingerprint density at radius 1 is 0.262 bits per heavy atom. The van der Waals surface area contributed by atoms with E-state index < -0.39 is 136 Å². The Bertz CT molecular complexity index is 1480. The van der Waals surface area contributed by atoms with Gasteiger partial charge in [-0.2, -0.15) is 145 Å². The maximum Gasteiger partial charge on any atom is 0.501 e. The van der Waals surface area contributed by atoms with Crippen LogP contribution in [0.2, 0.25) is 6.04 Å². The molecule has 0 aliphatic heterocycles. The lowest BCUT2D eigenvalue weighted by Crippen LogP contribution is -2.80. The molecule has 0 aromatic heterocycles. The van der Waals surface area contributed by atoms with Crippen molar-refractivity contribution in [3.05, 3.63) is 0 Å². The highest BCUT2D eigenvalue weighted by Crippen LogP contribution is 2.70. The standard InChI is InChI=1S/C24H19F33O3Si/c1-4-58-61(59-5-2,60-6-3)8-7-9(25,26)10(27,28)11(29,30)12(31,32)13(33,34)14(35,36)15(37,38)16(39,40)17(41,42)18(43,44)19(45,46)20(47,48)21(49,50)22(51,52)23(53,54)24(55,56)57/h4-8H2,1-3H3. The number of hydrogen-bond donors (Lipinski definition) is 0. The van der Waals surface area contributed by atoms with E-state index in [4.69, 9.17) is 13.3 Å². The second-order valence-electron chi connectivity index (χ2n) is 11.7. The van der Waals surface area contributed by atoms with Crippen LogP contribution < -0.4 is 0 Å². The number of hydrogen-bond acceptors (Lipinski definition) is 3. The Hall–Kier alpha value is -2.21. The molecular formula is C24H19F33O3Si. The first-order valence-corrected chi connectivity index (χ1v) is 16.7. The summed E-state index contributed by atoms with van der Waals surface area (Å²) in [5.41, 5.74) is 0. The third-order valence-corrected chi connectivity index (χ3v) is 10.8. The van der Waals surface area contributed by atoms with Gasteiger partial charge in [0, 0.05) is 32.3 Å². The van der Waals surface area contributed by atoms with E-state index in [1.54, 1.807) is 0 Å². The summed E-state index contributed by atoms with van der Waals surface area (Å²) in [7, 11) is -4.88. The van der Waals surface area contributed by atoms with Crippen molar-refractivity contribution >= 4 is 8.80 Å². The minimum atomic E-state index is -10.2. The Kier molecular flexibility index (Phi) is 15.5. The lowest BCUT2D eigenvalue weighted by atomic mass is 9.82. The third kappa shape index (κ3) is 7.81. The smallest absolute Gasteiger partial charge is 0.374 e. The van der Waals surface area contributed by atoms with Gasteiger partial charge in [-0.3, -0.25) is 0 Å². The maximum atomic E-state index is 14.4. The van der Waals surface area contributed by atoms with Crippen LogP contribution in [0.15, 0.2) is 0 Å². The molecule has 0 aromatic carbocycles. The predicted molar refractivity (Wildman–Crippen MR) is 130 cm³/mol. The molecule has 0 saturated carbocycles. The van der Waals surface area contributed by atoms with Crippen LogP contribution in [0.5, 0.6) is 0 Å². The van der Waals surface area contributed by atoms with Crippen LogP contribution in [0.4, 0.5) is 145 Å². The van der Waals surface area contributed by atoms with Crippen LogP contribution in [0.1, 0.15) is 27.2 Å². The first-order valence-electron chi connectivity index (χ1n) is 14.8. The number of rotatable bonds is 23. The fourth-order valence-corrected chi connectivity index (χ4v) is 6.86. The molecule has 0 atom stereocenters. The molecule has 0 aliphatic carbocycles. The first kappa shape index (κ1) is 58.8. The summed E-state index contributed by atoms with van der Waals surface area (Å²) in [5.74, 6) is -143. The summed E-state index contributed by atoms with van der Waals surface area (Å²) in [6, 6.07) is -1.98. The quantitative estimate of drug-likeness (QED) is 0.0754. The minimum Gasteiger partial charge on any atom is -0.374 e. The monoisotopic (exact) mass is 1010 g/mol. The van der Waals surface area contributed by atoms with E-state index in [2.05, 4.69) is 0 Å². The van der Waals surface area contributed by atoms with Crippen LogP contribution >= 0.6 is 0 Å². The van der Waals surface area contributed by atoms with Gasteiger partial charge in [0.1, 0.15) is 0 Å². The van der Waals surface area contributed by atoms with E-state index >= 15 is 0 Å². The molecule has 0 amide bonds. The zero-order chi connectivity index (χ0) is 50.2. The SMILES string of the molecule is CCO[Si](CCC(F)(F)C(F)(F)C(F)(F)C(F)(F)C(F)(F)C(F)(F)C(F)(F)C(F)(F)C(F)(F)C(F)(F)C(F)(F)C(F)(F)C(F)(F)C(F)(F)C(F)(F)C(F)(F)F)(OCC)OCC. The van der Waals surface area contributed by atoms with Crippen molar-refractivity contribution in [2.75, 3.05) is 19.8 Å². The summed E-state index contributed by atoms with van der Waals surface area (Å²) >= 11 is 0. The zero-order valence-corrected chi connectivity index (χ0v) is 29.7. The summed E-state index contributed by atoms with van der Waals surface area (Å²) in [6.07, 6.45) is -11.5. The normalized spacial score (nSPS) is 16.7. The molecule has 0 unspecified atom stereocenters. The summed E-state index contributed by atoms with van der Waals surface area (Å²) < 4.78 is 469. The van der Waals surface area contributed by atoms with Gasteiger partial charge in [0.25, 0.3) is 0 Å². The molecule has 37 heteroatoms. The molecule has 0 bridgehead atoms. The molecule has 0 radical (unpaired) electrons. The maximum absolute atomic E-state index is 14.4. The largest absolute Gasteiger partial charge is 0.501 e. The molecule has 3 nitrogen and oxygen atoms in total. The average molecular weight is 1010 g/mol. The Labute approximate surface area is 316 Å². The molecule has 0 N–H and O–H groups in total. The van der Waals surface area contributed by atoms with Gasteiger partial charge in [-0.15, -0.1) is 0 Å². The molecule has 0 heterocycles. The van der Waals surface area contributed by atoms with Gasteiger partial charge in [0.15, 0.2) is 0 Å². The van der Waals surface area contributed by atoms with Crippen molar-refractivity contribution in [2.24, 2.45) is 0 Å². The second-order valence-corrected chi connectivity index (χ2v) is 14.5. The van der Waals surface area contributed by atoms with Crippen LogP contribution in [-0.4, -0.2) is 124 Å². The van der Waals surface area contributed by atoms with E-state index in [0.717, 1.165) is 20.8 Å². The molecule has 0 spiro atoms. The fraction of sp³-hybridized carbons (Fsp3) is 1.00. The van der Waals surface area contributed by atoms with Crippen molar-refractivity contribution in [1.29, 1.82) is 0 Å². The predicted octanol–water partition coefficient (Wildman–Crippen LogP) is 12.5. The van der Waals surface area contributed by atoms with Gasteiger partial charge in [-0.05, 0) is 20.8 Å². The van der Waals surface area contributed by atoms with Crippen LogP contribution in [0, 0.1) is 0 Å². The van der Waals surface area contributed by atoms with Gasteiger partial charge < -0.3 is 13.3 Å². The Balaban J connectivity index is 7.63. The van der Waals surface area contributed by atoms with Crippen molar-refractivity contribution in [2.45, 2.75) is 128 Å². The lowest BCUT2D eigenvalue weighted by molar-refractivity contribution is -0.491. The molecule has 0 rings (SSSR count). The fourth-order valence-electron chi connectivity index (χ4n) is 4.24. The molecule has 61 heavy (non-hydrogen) atoms. The molecule has 368 valence electrons. The van der Waals surface area contributed by atoms with Crippen LogP contribution in [0.3, 0.4) is 0 Å². The molecule has 0 aromatic rings. The van der Waals surface area contributed by atoms with Gasteiger partial charge >= 0.3 is 104 Å². The molecular weight excluding hydrogens is 991 g/mol. The van der Waals surface area contributed by atoms with E-state index in [1.165, 1.54) is 0 Å². The minimum absolute atomic E-state index is 0.711. The van der Waals surface area contributed by atoms with Gasteiger partial charge in [-0.25, -0.2) is 0 Å². The van der Waals surface area contributed by atoms with E-state index in [9.17, 15) is 145 Å². The molecule has 0 aliphatic rings. The highest BCUT2D eigenvalue weighted by molar-refractivity contribution is 6.60. The molecule has 0 fully saturated rings. The van der Waals surface area contributed by atoms with Gasteiger partial charge in [0.05, 0.1) is 0 Å². The lowest BCUT2D eigenvalue weighted by Gasteiger charge is -2.47. The van der Waals surface area contributed by atoms with Crippen molar-refractivity contribution in [3.63, 3.8) is 0 Å². The second kappa shape index (κ2) is 16.0. The zero-order valence-electron chi connectivity index (χ0n) is 28.7.